The van der Waals surface area contributed by atoms with E-state index in [0.29, 0.717) is 126 Å². The standard InChI is InChI=1S/C60H50O18/c61-55-25-13-39-4-22-48(34-52(39)76-55)73-58(64)42-7-16-45(17-8-42)69-30-1-28-67-37-51(72-33-3-32-71-47-20-11-44(12-21-47)60(66)75-50-24-6-41-15-27-57(63)78-54(41)36-50)38-68-29-2-31-70-46-18-9-43(10-19-46)59(65)74-49-23-5-40-14-26-56(62)77-53(40)35-49/h4-27,34-36,51H,1-3,28-33,37-38H2. The van der Waals surface area contributed by atoms with Gasteiger partial charge in [0.1, 0.15) is 57.4 Å². The van der Waals surface area contributed by atoms with E-state index in [2.05, 4.69) is 0 Å². The molecule has 0 fully saturated rings. The molecule has 0 spiro atoms. The van der Waals surface area contributed by atoms with Gasteiger partial charge in [0.25, 0.3) is 0 Å². The third-order valence-corrected chi connectivity index (χ3v) is 11.6. The zero-order chi connectivity index (χ0) is 54.1. The van der Waals surface area contributed by atoms with E-state index in [0.717, 1.165) is 0 Å². The Morgan fingerprint density at radius 1 is 0.346 bits per heavy atom. The molecule has 0 N–H and O–H groups in total. The fourth-order valence-corrected chi connectivity index (χ4v) is 7.65. The van der Waals surface area contributed by atoms with Crippen LogP contribution in [-0.4, -0.2) is 76.9 Å². The van der Waals surface area contributed by atoms with Crippen LogP contribution in [0.4, 0.5) is 0 Å². The van der Waals surface area contributed by atoms with Crippen molar-refractivity contribution in [1.82, 2.24) is 0 Å². The molecule has 0 radical (unpaired) electrons. The summed E-state index contributed by atoms with van der Waals surface area (Å²) in [5.41, 5.74) is 0.344. The highest BCUT2D eigenvalue weighted by atomic mass is 16.6. The summed E-state index contributed by atoms with van der Waals surface area (Å²) in [5, 5.41) is 2.10. The molecule has 0 saturated carbocycles. The van der Waals surface area contributed by atoms with Crippen LogP contribution in [0.2, 0.25) is 0 Å². The SMILES string of the molecule is O=C(Oc1ccc2ccc(=O)oc2c1)c1ccc(OCCCOCC(COCCCOc2ccc(C(=O)Oc3ccc4ccc(=O)oc4c3)cc2)OCCCOc2ccc(C(=O)Oc3ccc4ccc(=O)oc4c3)cc2)cc1. The van der Waals surface area contributed by atoms with E-state index < -0.39 is 40.9 Å². The molecule has 9 aromatic rings. The minimum absolute atomic E-state index is 0.237. The average Bonchev–Trinajstić information content (AvgIpc) is 3.45. The molecule has 3 heterocycles. The van der Waals surface area contributed by atoms with Crippen molar-refractivity contribution in [2.24, 2.45) is 0 Å². The predicted octanol–water partition coefficient (Wildman–Crippen LogP) is 9.79. The van der Waals surface area contributed by atoms with E-state index in [-0.39, 0.29) is 30.5 Å². The number of carbonyl (C=O) groups is 3. The molecule has 0 amide bonds. The average molecular weight is 1060 g/mol. The predicted molar refractivity (Wildman–Crippen MR) is 283 cm³/mol. The van der Waals surface area contributed by atoms with E-state index in [1.54, 1.807) is 127 Å². The third-order valence-electron chi connectivity index (χ3n) is 11.6. The second-order valence-corrected chi connectivity index (χ2v) is 17.4. The summed E-state index contributed by atoms with van der Waals surface area (Å²) in [6, 6.07) is 42.9. The highest BCUT2D eigenvalue weighted by molar-refractivity contribution is 5.93. The molecule has 18 heteroatoms. The van der Waals surface area contributed by atoms with Crippen molar-refractivity contribution in [1.29, 1.82) is 0 Å². The molecule has 78 heavy (non-hydrogen) atoms. The first-order valence-corrected chi connectivity index (χ1v) is 24.8. The number of hydrogen-bond donors (Lipinski definition) is 0. The number of ether oxygens (including phenoxy) is 9. The van der Waals surface area contributed by atoms with E-state index >= 15 is 0 Å². The summed E-state index contributed by atoms with van der Waals surface area (Å²) in [7, 11) is 0. The van der Waals surface area contributed by atoms with Gasteiger partial charge in [-0.15, -0.1) is 0 Å². The van der Waals surface area contributed by atoms with Crippen molar-refractivity contribution in [3.05, 3.63) is 212 Å². The molecule has 0 atom stereocenters. The normalized spacial score (nSPS) is 11.2. The molecule has 18 nitrogen and oxygen atoms in total. The lowest BCUT2D eigenvalue weighted by Crippen LogP contribution is -2.27. The maximum Gasteiger partial charge on any atom is 0.343 e. The van der Waals surface area contributed by atoms with Gasteiger partial charge < -0.3 is 55.9 Å². The monoisotopic (exact) mass is 1060 g/mol. The zero-order valence-electron chi connectivity index (χ0n) is 41.8. The molecular formula is C60H50O18. The molecule has 0 aliphatic rings. The van der Waals surface area contributed by atoms with Crippen LogP contribution in [0, 0.1) is 0 Å². The van der Waals surface area contributed by atoms with Crippen LogP contribution in [0.3, 0.4) is 0 Å². The van der Waals surface area contributed by atoms with Crippen LogP contribution < -0.4 is 45.3 Å². The first-order chi connectivity index (χ1) is 38.1. The van der Waals surface area contributed by atoms with Gasteiger partial charge in [0.2, 0.25) is 0 Å². The smallest absolute Gasteiger partial charge is 0.343 e. The van der Waals surface area contributed by atoms with Gasteiger partial charge in [-0.25, -0.2) is 28.8 Å². The van der Waals surface area contributed by atoms with Crippen LogP contribution in [0.5, 0.6) is 34.5 Å². The summed E-state index contributed by atoms with van der Waals surface area (Å²) >= 11 is 0. The Morgan fingerprint density at radius 2 is 0.641 bits per heavy atom. The van der Waals surface area contributed by atoms with Crippen molar-refractivity contribution < 1.29 is 70.3 Å². The highest BCUT2D eigenvalue weighted by Gasteiger charge is 2.15. The number of hydrogen-bond acceptors (Lipinski definition) is 18. The Hall–Kier alpha value is -9.36. The van der Waals surface area contributed by atoms with Crippen molar-refractivity contribution in [2.45, 2.75) is 25.4 Å². The van der Waals surface area contributed by atoms with E-state index in [1.165, 1.54) is 36.4 Å². The quantitative estimate of drug-likeness (QED) is 0.0213. The number of fused-ring (bicyclic) bond motifs is 3. The third kappa shape index (κ3) is 15.4. The van der Waals surface area contributed by atoms with Gasteiger partial charge in [-0.2, -0.15) is 0 Å². The summed E-state index contributed by atoms with van der Waals surface area (Å²) in [6.45, 7) is 2.60. The summed E-state index contributed by atoms with van der Waals surface area (Å²) in [4.78, 5) is 73.2. The van der Waals surface area contributed by atoms with Crippen LogP contribution in [0.25, 0.3) is 32.9 Å². The molecule has 6 aromatic carbocycles. The van der Waals surface area contributed by atoms with Gasteiger partial charge in [0, 0.05) is 85.0 Å². The number of rotatable bonds is 26. The topological polar surface area (TPSA) is 225 Å². The van der Waals surface area contributed by atoms with Gasteiger partial charge in [0.15, 0.2) is 0 Å². The Balaban J connectivity index is 0.694. The van der Waals surface area contributed by atoms with E-state index in [4.69, 9.17) is 55.9 Å². The first kappa shape index (κ1) is 53.5. The van der Waals surface area contributed by atoms with Crippen molar-refractivity contribution in [3.63, 3.8) is 0 Å². The second-order valence-electron chi connectivity index (χ2n) is 17.4. The van der Waals surface area contributed by atoms with Gasteiger partial charge in [-0.3, -0.25) is 0 Å². The maximum absolute atomic E-state index is 12.8. The lowest BCUT2D eigenvalue weighted by Gasteiger charge is -2.19. The molecule has 0 aliphatic carbocycles. The van der Waals surface area contributed by atoms with Crippen molar-refractivity contribution >= 4 is 50.8 Å². The summed E-state index contributed by atoms with van der Waals surface area (Å²) in [6.07, 6.45) is 1.26. The molecule has 0 bridgehead atoms. The Kier molecular flexibility index (Phi) is 18.1. The van der Waals surface area contributed by atoms with Crippen LogP contribution in [0.15, 0.2) is 191 Å². The van der Waals surface area contributed by atoms with Crippen LogP contribution in [0.1, 0.15) is 50.3 Å². The zero-order valence-corrected chi connectivity index (χ0v) is 41.8. The Bertz CT molecular complexity index is 3510. The van der Waals surface area contributed by atoms with Crippen molar-refractivity contribution in [3.8, 4) is 34.5 Å². The fraction of sp³-hybridized carbons (Fsp3) is 0.200. The molecule has 398 valence electrons. The number of esters is 3. The van der Waals surface area contributed by atoms with E-state index in [1.807, 2.05) is 0 Å². The molecule has 0 aliphatic heterocycles. The second kappa shape index (κ2) is 26.4. The van der Waals surface area contributed by atoms with Gasteiger partial charge in [0.05, 0.1) is 56.3 Å². The number of benzene rings is 6. The van der Waals surface area contributed by atoms with Crippen LogP contribution >= 0.6 is 0 Å². The highest BCUT2D eigenvalue weighted by Crippen LogP contribution is 2.25. The van der Waals surface area contributed by atoms with Gasteiger partial charge in [-0.1, -0.05) is 0 Å². The molecule has 0 saturated heterocycles. The fourth-order valence-electron chi connectivity index (χ4n) is 7.65. The number of carbonyl (C=O) groups excluding carboxylic acids is 3. The Labute approximate surface area is 444 Å². The summed E-state index contributed by atoms with van der Waals surface area (Å²) in [5.74, 6) is 0.636. The largest absolute Gasteiger partial charge is 0.494 e. The first-order valence-electron chi connectivity index (χ1n) is 24.8. The van der Waals surface area contributed by atoms with Crippen LogP contribution in [-0.2, 0) is 14.2 Å². The minimum atomic E-state index is -0.585. The van der Waals surface area contributed by atoms with Gasteiger partial charge in [-0.05, 0) is 127 Å². The Morgan fingerprint density at radius 3 is 0.974 bits per heavy atom. The lowest BCUT2D eigenvalue weighted by molar-refractivity contribution is -0.0637. The summed E-state index contributed by atoms with van der Waals surface area (Å²) < 4.78 is 67.8. The molecule has 9 rings (SSSR count). The van der Waals surface area contributed by atoms with Crippen molar-refractivity contribution in [2.75, 3.05) is 52.9 Å². The minimum Gasteiger partial charge on any atom is -0.494 e. The lowest BCUT2D eigenvalue weighted by atomic mass is 10.2. The molecule has 3 aromatic heterocycles. The molecule has 0 unspecified atom stereocenters. The maximum atomic E-state index is 12.8. The van der Waals surface area contributed by atoms with Gasteiger partial charge >= 0.3 is 34.8 Å². The molecular weight excluding hydrogens is 1010 g/mol. The van der Waals surface area contributed by atoms with E-state index in [9.17, 15) is 28.8 Å².